The number of benzene rings is 2. The largest absolute Gasteiger partial charge is 0.323 e. The zero-order valence-electron chi connectivity index (χ0n) is 16.1. The van der Waals surface area contributed by atoms with E-state index in [1.807, 2.05) is 0 Å². The van der Waals surface area contributed by atoms with Gasteiger partial charge < -0.3 is 10.6 Å². The molecule has 1 aliphatic heterocycles. The molecule has 2 aliphatic rings. The number of para-hydroxylation sites is 2. The van der Waals surface area contributed by atoms with E-state index in [0.29, 0.717) is 11.3 Å². The molecule has 9 heteroatoms. The number of imide groups is 1. The van der Waals surface area contributed by atoms with Crippen molar-refractivity contribution in [1.29, 1.82) is 0 Å². The monoisotopic (exact) mass is 408 g/mol. The molecule has 154 valence electrons. The Morgan fingerprint density at radius 1 is 0.967 bits per heavy atom. The molecule has 0 bridgehead atoms. The van der Waals surface area contributed by atoms with Crippen LogP contribution in [0.2, 0.25) is 0 Å². The maximum absolute atomic E-state index is 12.9. The number of carbonyl (C=O) groups excluding carboxylic acids is 3. The minimum atomic E-state index is -0.690. The van der Waals surface area contributed by atoms with Crippen LogP contribution >= 0.6 is 0 Å². The predicted molar refractivity (Wildman–Crippen MR) is 110 cm³/mol. The summed E-state index contributed by atoms with van der Waals surface area (Å²) >= 11 is 0. The third-order valence-electron chi connectivity index (χ3n) is 5.46. The summed E-state index contributed by atoms with van der Waals surface area (Å²) in [7, 11) is 0. The number of nitrogens with one attached hydrogen (secondary N) is 2. The van der Waals surface area contributed by atoms with E-state index in [4.69, 9.17) is 0 Å². The third-order valence-corrected chi connectivity index (χ3v) is 5.46. The zero-order valence-corrected chi connectivity index (χ0v) is 16.1. The number of nitro benzene ring substituents is 1. The van der Waals surface area contributed by atoms with Gasteiger partial charge in [-0.1, -0.05) is 31.4 Å². The van der Waals surface area contributed by atoms with Crippen molar-refractivity contribution in [3.05, 3.63) is 63.7 Å². The molecule has 1 heterocycles. The number of rotatable bonds is 4. The molecule has 0 unspecified atom stereocenters. The van der Waals surface area contributed by atoms with Crippen LogP contribution in [0.25, 0.3) is 0 Å². The molecule has 0 atom stereocenters. The number of hydrogen-bond acceptors (Lipinski definition) is 5. The predicted octanol–water partition coefficient (Wildman–Crippen LogP) is 4.17. The molecule has 2 aromatic carbocycles. The van der Waals surface area contributed by atoms with Crippen LogP contribution in [-0.2, 0) is 0 Å². The Morgan fingerprint density at radius 2 is 1.67 bits per heavy atom. The van der Waals surface area contributed by atoms with E-state index < -0.39 is 11.0 Å². The zero-order chi connectivity index (χ0) is 21.3. The number of urea groups is 1. The van der Waals surface area contributed by atoms with Gasteiger partial charge in [-0.3, -0.25) is 24.6 Å². The van der Waals surface area contributed by atoms with Crippen LogP contribution in [0.15, 0.2) is 42.5 Å². The van der Waals surface area contributed by atoms with Crippen LogP contribution in [0.5, 0.6) is 0 Å². The first kappa shape index (κ1) is 19.6. The van der Waals surface area contributed by atoms with E-state index in [1.54, 1.807) is 6.07 Å². The van der Waals surface area contributed by atoms with Gasteiger partial charge in [0.2, 0.25) is 0 Å². The number of nitro groups is 1. The Balaban J connectivity index is 1.50. The van der Waals surface area contributed by atoms with Crippen LogP contribution in [-0.4, -0.2) is 33.7 Å². The molecule has 2 N–H and O–H groups in total. The van der Waals surface area contributed by atoms with Crippen molar-refractivity contribution in [3.63, 3.8) is 0 Å². The maximum atomic E-state index is 12.9. The highest BCUT2D eigenvalue weighted by molar-refractivity contribution is 6.22. The Bertz CT molecular complexity index is 1050. The van der Waals surface area contributed by atoms with Gasteiger partial charge >= 0.3 is 6.03 Å². The van der Waals surface area contributed by atoms with Gasteiger partial charge in [-0.05, 0) is 37.1 Å². The minimum absolute atomic E-state index is 0.0517. The SMILES string of the molecule is O=C(Nc1ccc2c(c1)C(=O)N(C1CCCCC1)C2=O)Nc1ccccc1[N+](=O)[O-]. The van der Waals surface area contributed by atoms with Crippen LogP contribution < -0.4 is 10.6 Å². The van der Waals surface area contributed by atoms with Crippen LogP contribution in [0.1, 0.15) is 52.8 Å². The summed E-state index contributed by atoms with van der Waals surface area (Å²) in [5.41, 5.74) is 0.724. The summed E-state index contributed by atoms with van der Waals surface area (Å²) in [5.74, 6) is -0.637. The van der Waals surface area contributed by atoms with Gasteiger partial charge in [-0.25, -0.2) is 4.79 Å². The lowest BCUT2D eigenvalue weighted by molar-refractivity contribution is -0.383. The normalized spacial score (nSPS) is 16.3. The van der Waals surface area contributed by atoms with E-state index in [0.717, 1.165) is 32.1 Å². The van der Waals surface area contributed by atoms with Gasteiger partial charge in [0.25, 0.3) is 17.5 Å². The number of hydrogen-bond donors (Lipinski definition) is 2. The fourth-order valence-electron chi connectivity index (χ4n) is 4.03. The summed E-state index contributed by atoms with van der Waals surface area (Å²) in [4.78, 5) is 49.7. The van der Waals surface area contributed by atoms with Crippen LogP contribution in [0, 0.1) is 10.1 Å². The minimum Gasteiger partial charge on any atom is -0.308 e. The van der Waals surface area contributed by atoms with Crippen molar-refractivity contribution in [2.24, 2.45) is 0 Å². The van der Waals surface area contributed by atoms with Gasteiger partial charge in [0.05, 0.1) is 16.1 Å². The second-order valence-corrected chi connectivity index (χ2v) is 7.39. The van der Waals surface area contributed by atoms with E-state index in [9.17, 15) is 24.5 Å². The molecule has 0 spiro atoms. The average Bonchev–Trinajstić information content (AvgIpc) is 2.98. The highest BCUT2D eigenvalue weighted by Crippen LogP contribution is 2.32. The highest BCUT2D eigenvalue weighted by Gasteiger charge is 2.40. The molecular weight excluding hydrogens is 388 g/mol. The fourth-order valence-corrected chi connectivity index (χ4v) is 4.03. The summed E-state index contributed by atoms with van der Waals surface area (Å²) in [5, 5.41) is 16.1. The Kier molecular flexibility index (Phi) is 5.18. The third kappa shape index (κ3) is 3.61. The van der Waals surface area contributed by atoms with Gasteiger partial charge in [0.1, 0.15) is 5.69 Å². The van der Waals surface area contributed by atoms with E-state index >= 15 is 0 Å². The molecular formula is C21H20N4O5. The van der Waals surface area contributed by atoms with E-state index in [1.165, 1.54) is 41.3 Å². The number of nitrogens with zero attached hydrogens (tertiary/aromatic N) is 2. The second kappa shape index (κ2) is 7.94. The van der Waals surface area contributed by atoms with E-state index in [-0.39, 0.29) is 34.8 Å². The van der Waals surface area contributed by atoms with Crippen molar-refractivity contribution < 1.29 is 19.3 Å². The van der Waals surface area contributed by atoms with Crippen molar-refractivity contribution in [3.8, 4) is 0 Å². The Hall–Kier alpha value is -3.75. The first-order chi connectivity index (χ1) is 14.5. The molecule has 0 radical (unpaired) electrons. The van der Waals surface area contributed by atoms with Crippen LogP contribution in [0.4, 0.5) is 21.9 Å². The second-order valence-electron chi connectivity index (χ2n) is 7.39. The van der Waals surface area contributed by atoms with Gasteiger partial charge in [-0.15, -0.1) is 0 Å². The molecule has 0 aromatic heterocycles. The van der Waals surface area contributed by atoms with Gasteiger partial charge in [0, 0.05) is 17.8 Å². The van der Waals surface area contributed by atoms with Crippen molar-refractivity contribution in [1.82, 2.24) is 4.90 Å². The summed E-state index contributed by atoms with van der Waals surface area (Å²) in [6.45, 7) is 0. The number of carbonyl (C=O) groups is 3. The average molecular weight is 408 g/mol. The standard InChI is InChI=1S/C21H20N4O5/c26-19-15-11-10-13(12-16(15)20(27)24(19)14-6-2-1-3-7-14)22-21(28)23-17-8-4-5-9-18(17)25(29)30/h4-5,8-12,14H,1-3,6-7H2,(H2,22,23,28). The smallest absolute Gasteiger partial charge is 0.308 e. The summed E-state index contributed by atoms with van der Waals surface area (Å²) in [6.07, 6.45) is 4.74. The summed E-state index contributed by atoms with van der Waals surface area (Å²) < 4.78 is 0. The molecule has 1 saturated carbocycles. The number of amides is 4. The Labute approximate surface area is 172 Å². The molecule has 4 rings (SSSR count). The lowest BCUT2D eigenvalue weighted by atomic mass is 9.94. The Morgan fingerprint density at radius 3 is 2.40 bits per heavy atom. The number of anilines is 2. The van der Waals surface area contributed by atoms with Crippen molar-refractivity contribution in [2.45, 2.75) is 38.1 Å². The summed E-state index contributed by atoms with van der Waals surface area (Å²) in [6, 6.07) is 9.54. The molecule has 0 saturated heterocycles. The first-order valence-corrected chi connectivity index (χ1v) is 9.79. The first-order valence-electron chi connectivity index (χ1n) is 9.79. The quantitative estimate of drug-likeness (QED) is 0.447. The molecule has 4 amide bonds. The van der Waals surface area contributed by atoms with Crippen molar-refractivity contribution in [2.75, 3.05) is 10.6 Å². The lowest BCUT2D eigenvalue weighted by Crippen LogP contribution is -2.40. The highest BCUT2D eigenvalue weighted by atomic mass is 16.6. The van der Waals surface area contributed by atoms with Gasteiger partial charge in [-0.2, -0.15) is 0 Å². The fraction of sp³-hybridized carbons (Fsp3) is 0.286. The molecule has 30 heavy (non-hydrogen) atoms. The van der Waals surface area contributed by atoms with Crippen LogP contribution in [0.3, 0.4) is 0 Å². The molecule has 9 nitrogen and oxygen atoms in total. The van der Waals surface area contributed by atoms with E-state index in [2.05, 4.69) is 10.6 Å². The maximum Gasteiger partial charge on any atom is 0.323 e. The lowest BCUT2D eigenvalue weighted by Gasteiger charge is -2.29. The number of fused-ring (bicyclic) bond motifs is 1. The molecule has 2 aromatic rings. The molecule has 1 aliphatic carbocycles. The topological polar surface area (TPSA) is 122 Å². The van der Waals surface area contributed by atoms with Gasteiger partial charge in [0.15, 0.2) is 0 Å². The molecule has 1 fully saturated rings. The van der Waals surface area contributed by atoms with Crippen molar-refractivity contribution >= 4 is 34.9 Å².